The van der Waals surface area contributed by atoms with Crippen LogP contribution in [0, 0.1) is 11.6 Å². The largest absolute Gasteiger partial charge is 0.317 e. The van der Waals surface area contributed by atoms with E-state index in [1.807, 2.05) is 0 Å². The molecule has 0 spiro atoms. The van der Waals surface area contributed by atoms with Crippen molar-refractivity contribution >= 4 is 27.3 Å². The molecule has 0 bridgehead atoms. The maximum absolute atomic E-state index is 13.7. The average Bonchev–Trinajstić information content (AvgIpc) is 2.85. The zero-order valence-corrected chi connectivity index (χ0v) is 14.4. The SMILES string of the molecule is C[C@H]1Cc2cc(C(=O)Nc3c(F)cccc3F)ccc2N1S(C)(=O)=O. The lowest BCUT2D eigenvalue weighted by Crippen LogP contribution is -2.34. The maximum atomic E-state index is 13.7. The normalized spacial score (nSPS) is 16.6. The van der Waals surface area contributed by atoms with Crippen LogP contribution in [0.3, 0.4) is 0 Å². The molecular formula is C17H16F2N2O3S. The molecule has 0 saturated carbocycles. The van der Waals surface area contributed by atoms with E-state index in [1.165, 1.54) is 22.5 Å². The lowest BCUT2D eigenvalue weighted by molar-refractivity contribution is 0.102. The second kappa shape index (κ2) is 6.11. The number of carbonyl (C=O) groups excluding carboxylic acids is 1. The molecule has 132 valence electrons. The zero-order valence-electron chi connectivity index (χ0n) is 13.6. The minimum absolute atomic E-state index is 0.198. The van der Waals surface area contributed by atoms with Crippen LogP contribution in [0.5, 0.6) is 0 Å². The van der Waals surface area contributed by atoms with E-state index in [-0.39, 0.29) is 11.6 Å². The van der Waals surface area contributed by atoms with E-state index in [9.17, 15) is 22.0 Å². The summed E-state index contributed by atoms with van der Waals surface area (Å²) in [6.45, 7) is 1.77. The van der Waals surface area contributed by atoms with Crippen molar-refractivity contribution in [3.63, 3.8) is 0 Å². The fourth-order valence-corrected chi connectivity index (χ4v) is 4.32. The summed E-state index contributed by atoms with van der Waals surface area (Å²) in [6, 6.07) is 7.56. The molecule has 0 fully saturated rings. The van der Waals surface area contributed by atoms with E-state index >= 15 is 0 Å². The summed E-state index contributed by atoms with van der Waals surface area (Å²) < 4.78 is 52.4. The van der Waals surface area contributed by atoms with Gasteiger partial charge in [0.1, 0.15) is 17.3 Å². The Balaban J connectivity index is 1.91. The number of rotatable bonds is 3. The highest BCUT2D eigenvalue weighted by Crippen LogP contribution is 2.34. The van der Waals surface area contributed by atoms with Crippen molar-refractivity contribution in [1.82, 2.24) is 0 Å². The lowest BCUT2D eigenvalue weighted by Gasteiger charge is -2.21. The Kier molecular flexibility index (Phi) is 4.24. The molecule has 0 aliphatic carbocycles. The molecule has 0 saturated heterocycles. The van der Waals surface area contributed by atoms with Gasteiger partial charge in [-0.2, -0.15) is 0 Å². The van der Waals surface area contributed by atoms with E-state index < -0.39 is 33.3 Å². The van der Waals surface area contributed by atoms with Gasteiger partial charge in [-0.25, -0.2) is 17.2 Å². The lowest BCUT2D eigenvalue weighted by atomic mass is 10.1. The predicted octanol–water partition coefficient (Wildman–Crippen LogP) is 2.93. The van der Waals surface area contributed by atoms with Crippen molar-refractivity contribution in [3.8, 4) is 0 Å². The molecule has 1 amide bonds. The van der Waals surface area contributed by atoms with Crippen molar-refractivity contribution in [2.24, 2.45) is 0 Å². The number of anilines is 2. The van der Waals surface area contributed by atoms with Gasteiger partial charge in [0.25, 0.3) is 5.91 Å². The third kappa shape index (κ3) is 3.21. The third-order valence-corrected chi connectivity index (χ3v) is 5.32. The molecule has 0 aromatic heterocycles. The van der Waals surface area contributed by atoms with Crippen LogP contribution in [0.15, 0.2) is 36.4 Å². The Morgan fingerprint density at radius 2 is 1.84 bits per heavy atom. The minimum Gasteiger partial charge on any atom is -0.317 e. The second-order valence-electron chi connectivity index (χ2n) is 6.01. The van der Waals surface area contributed by atoms with Gasteiger partial charge in [-0.15, -0.1) is 0 Å². The summed E-state index contributed by atoms with van der Waals surface area (Å²) in [4.78, 5) is 12.3. The van der Waals surface area contributed by atoms with Gasteiger partial charge in [-0.05, 0) is 49.2 Å². The van der Waals surface area contributed by atoms with Crippen LogP contribution in [0.1, 0.15) is 22.8 Å². The highest BCUT2D eigenvalue weighted by Gasteiger charge is 2.32. The molecule has 1 aliphatic heterocycles. The van der Waals surface area contributed by atoms with E-state index in [0.29, 0.717) is 17.7 Å². The molecule has 1 atom stereocenters. The molecule has 5 nitrogen and oxygen atoms in total. The summed E-state index contributed by atoms with van der Waals surface area (Å²) in [6.07, 6.45) is 1.58. The number of nitrogens with zero attached hydrogens (tertiary/aromatic N) is 1. The number of amides is 1. The third-order valence-electron chi connectivity index (χ3n) is 4.05. The first-order chi connectivity index (χ1) is 11.7. The smallest absolute Gasteiger partial charge is 0.255 e. The van der Waals surface area contributed by atoms with E-state index in [1.54, 1.807) is 13.0 Å². The van der Waals surface area contributed by atoms with Gasteiger partial charge in [0.15, 0.2) is 0 Å². The number of benzene rings is 2. The van der Waals surface area contributed by atoms with Crippen molar-refractivity contribution in [1.29, 1.82) is 0 Å². The van der Waals surface area contributed by atoms with Crippen LogP contribution in [-0.4, -0.2) is 26.6 Å². The van der Waals surface area contributed by atoms with Crippen molar-refractivity contribution in [3.05, 3.63) is 59.2 Å². The number of fused-ring (bicyclic) bond motifs is 1. The van der Waals surface area contributed by atoms with Crippen LogP contribution in [0.4, 0.5) is 20.2 Å². The summed E-state index contributed by atoms with van der Waals surface area (Å²) in [5.41, 5.74) is 0.895. The first-order valence-electron chi connectivity index (χ1n) is 7.56. The quantitative estimate of drug-likeness (QED) is 0.908. The Morgan fingerprint density at radius 1 is 1.20 bits per heavy atom. The Bertz CT molecular complexity index is 940. The van der Waals surface area contributed by atoms with Crippen LogP contribution >= 0.6 is 0 Å². The van der Waals surface area contributed by atoms with E-state index in [0.717, 1.165) is 18.4 Å². The van der Waals surface area contributed by atoms with Crippen molar-refractivity contribution in [2.45, 2.75) is 19.4 Å². The Labute approximate surface area is 144 Å². The van der Waals surface area contributed by atoms with Crippen LogP contribution in [0.25, 0.3) is 0 Å². The van der Waals surface area contributed by atoms with Gasteiger partial charge >= 0.3 is 0 Å². The Hall–Kier alpha value is -2.48. The van der Waals surface area contributed by atoms with Crippen LogP contribution in [-0.2, 0) is 16.4 Å². The molecule has 2 aromatic rings. The minimum atomic E-state index is -3.42. The number of nitrogens with one attached hydrogen (secondary N) is 1. The molecule has 0 radical (unpaired) electrons. The summed E-state index contributed by atoms with van der Waals surface area (Å²) >= 11 is 0. The number of halogens is 2. The summed E-state index contributed by atoms with van der Waals surface area (Å²) in [7, 11) is -3.42. The monoisotopic (exact) mass is 366 g/mol. The molecule has 1 heterocycles. The number of sulfonamides is 1. The molecule has 1 aliphatic rings. The van der Waals surface area contributed by atoms with Crippen molar-refractivity contribution < 1.29 is 22.0 Å². The molecule has 8 heteroatoms. The van der Waals surface area contributed by atoms with Gasteiger partial charge in [0.05, 0.1) is 11.9 Å². The first kappa shape index (κ1) is 17.3. The fraction of sp³-hybridized carbons (Fsp3) is 0.235. The van der Waals surface area contributed by atoms with Crippen molar-refractivity contribution in [2.75, 3.05) is 15.9 Å². The van der Waals surface area contributed by atoms with Gasteiger partial charge in [0.2, 0.25) is 10.0 Å². The van der Waals surface area contributed by atoms with Gasteiger partial charge < -0.3 is 5.32 Å². The highest BCUT2D eigenvalue weighted by atomic mass is 32.2. The van der Waals surface area contributed by atoms with Crippen LogP contribution < -0.4 is 9.62 Å². The maximum Gasteiger partial charge on any atom is 0.255 e. The molecule has 1 N–H and O–H groups in total. The second-order valence-corrected chi connectivity index (χ2v) is 7.87. The van der Waals surface area contributed by atoms with E-state index in [2.05, 4.69) is 5.32 Å². The Morgan fingerprint density at radius 3 is 2.44 bits per heavy atom. The number of hydrogen-bond acceptors (Lipinski definition) is 3. The summed E-state index contributed by atoms with van der Waals surface area (Å²) in [5.74, 6) is -2.41. The van der Waals surface area contributed by atoms with Gasteiger partial charge in [-0.3, -0.25) is 9.10 Å². The molecule has 0 unspecified atom stereocenters. The molecule has 25 heavy (non-hydrogen) atoms. The standard InChI is InChI=1S/C17H16F2N2O3S/c1-10-8-12-9-11(6-7-15(12)21(10)25(2,23)24)17(22)20-16-13(18)4-3-5-14(16)19/h3-7,9-10H,8H2,1-2H3,(H,20,22)/t10-/m0/s1. The van der Waals surface area contributed by atoms with Gasteiger partial charge in [0, 0.05) is 11.6 Å². The van der Waals surface area contributed by atoms with Gasteiger partial charge in [-0.1, -0.05) is 6.07 Å². The first-order valence-corrected chi connectivity index (χ1v) is 9.41. The van der Waals surface area contributed by atoms with Crippen LogP contribution in [0.2, 0.25) is 0 Å². The summed E-state index contributed by atoms with van der Waals surface area (Å²) in [5, 5.41) is 2.22. The average molecular weight is 366 g/mol. The highest BCUT2D eigenvalue weighted by molar-refractivity contribution is 7.92. The topological polar surface area (TPSA) is 66.5 Å². The fourth-order valence-electron chi connectivity index (χ4n) is 3.05. The number of para-hydroxylation sites is 1. The van der Waals surface area contributed by atoms with E-state index in [4.69, 9.17) is 0 Å². The number of hydrogen-bond donors (Lipinski definition) is 1. The molecule has 3 rings (SSSR count). The number of carbonyl (C=O) groups is 1. The molecule has 2 aromatic carbocycles. The zero-order chi connectivity index (χ0) is 18.4. The predicted molar refractivity (Wildman–Crippen MR) is 91.2 cm³/mol. The molecular weight excluding hydrogens is 350 g/mol.